The van der Waals surface area contributed by atoms with Gasteiger partial charge in [0.15, 0.2) is 5.58 Å². The molecule has 0 spiro atoms. The Morgan fingerprint density at radius 1 is 0.368 bits per heavy atom. The van der Waals surface area contributed by atoms with Crippen molar-refractivity contribution >= 4 is 55.1 Å². The summed E-state index contributed by atoms with van der Waals surface area (Å²) >= 11 is 0. The first-order chi connectivity index (χ1) is 28.3. The van der Waals surface area contributed by atoms with E-state index in [1.54, 1.807) is 0 Å². The van der Waals surface area contributed by atoms with Gasteiger partial charge in [-0.1, -0.05) is 152 Å². The van der Waals surface area contributed by atoms with Crippen LogP contribution in [0.3, 0.4) is 0 Å². The molecule has 3 heterocycles. The number of benzene rings is 8. The van der Waals surface area contributed by atoms with Gasteiger partial charge in [0.05, 0.1) is 22.4 Å². The summed E-state index contributed by atoms with van der Waals surface area (Å²) in [6.07, 6.45) is 0. The number of fused-ring (bicyclic) bond motifs is 6. The topological polar surface area (TPSA) is 43.0 Å². The van der Waals surface area contributed by atoms with Crippen molar-refractivity contribution < 1.29 is 4.42 Å². The van der Waals surface area contributed by atoms with Gasteiger partial charge in [0.1, 0.15) is 11.4 Å². The highest BCUT2D eigenvalue weighted by atomic mass is 16.3. The summed E-state index contributed by atoms with van der Waals surface area (Å²) in [5, 5.41) is 8.31. The molecule has 0 atom stereocenters. The zero-order valence-electron chi connectivity index (χ0n) is 30.9. The monoisotopic (exact) mass is 729 g/mol. The van der Waals surface area contributed by atoms with E-state index in [1.807, 2.05) is 0 Å². The minimum Gasteiger partial charge on any atom is -0.453 e. The lowest BCUT2D eigenvalue weighted by Gasteiger charge is -2.14. The fraction of sp³-hybridized carbons (Fsp3) is 0. The lowest BCUT2D eigenvalue weighted by atomic mass is 9.96. The van der Waals surface area contributed by atoms with Crippen molar-refractivity contribution in [1.82, 2.24) is 9.55 Å². The molecule has 0 aliphatic rings. The first-order valence-corrected chi connectivity index (χ1v) is 19.3. The van der Waals surface area contributed by atoms with Gasteiger partial charge in [-0.25, -0.2) is 4.98 Å². The maximum absolute atomic E-state index is 7.13. The van der Waals surface area contributed by atoms with E-state index in [4.69, 9.17) is 9.40 Å². The fourth-order valence-corrected chi connectivity index (χ4v) is 8.33. The summed E-state index contributed by atoms with van der Waals surface area (Å²) in [5.41, 5.74) is 14.2. The Kier molecular flexibility index (Phi) is 7.78. The zero-order valence-corrected chi connectivity index (χ0v) is 30.9. The highest BCUT2D eigenvalue weighted by molar-refractivity contribution is 6.15. The molecule has 11 aromatic rings. The first-order valence-electron chi connectivity index (χ1n) is 19.3. The molecular weight excluding hydrogens is 695 g/mol. The number of rotatable bonds is 7. The molecule has 0 saturated carbocycles. The summed E-state index contributed by atoms with van der Waals surface area (Å²) in [7, 11) is 0. The van der Waals surface area contributed by atoms with Gasteiger partial charge in [-0.05, 0) is 82.4 Å². The van der Waals surface area contributed by atoms with Crippen molar-refractivity contribution in [1.29, 1.82) is 0 Å². The maximum Gasteiger partial charge on any atom is 0.158 e. The third-order valence-corrected chi connectivity index (χ3v) is 11.0. The third-order valence-electron chi connectivity index (χ3n) is 11.0. The molecule has 4 heteroatoms. The first kappa shape index (κ1) is 32.7. The predicted molar refractivity (Wildman–Crippen MR) is 237 cm³/mol. The van der Waals surface area contributed by atoms with Gasteiger partial charge in [-0.3, -0.25) is 4.57 Å². The van der Waals surface area contributed by atoms with Crippen LogP contribution in [-0.4, -0.2) is 9.55 Å². The molecule has 3 aromatic heterocycles. The number of nitrogens with zero attached hydrogens (tertiary/aromatic N) is 2. The Bertz CT molecular complexity index is 3200. The van der Waals surface area contributed by atoms with Gasteiger partial charge in [0, 0.05) is 38.4 Å². The Balaban J connectivity index is 1.17. The molecule has 268 valence electrons. The number of hydrogen-bond acceptors (Lipinski definition) is 3. The number of para-hydroxylation sites is 3. The van der Waals surface area contributed by atoms with Crippen LogP contribution < -0.4 is 5.32 Å². The normalized spacial score (nSPS) is 11.5. The smallest absolute Gasteiger partial charge is 0.158 e. The van der Waals surface area contributed by atoms with Crippen LogP contribution in [0.4, 0.5) is 11.4 Å². The summed E-state index contributed by atoms with van der Waals surface area (Å²) in [4.78, 5) is 5.43. The second-order valence-corrected chi connectivity index (χ2v) is 14.4. The van der Waals surface area contributed by atoms with Crippen LogP contribution in [-0.2, 0) is 0 Å². The lowest BCUT2D eigenvalue weighted by molar-refractivity contribution is 0.671. The van der Waals surface area contributed by atoms with Crippen LogP contribution in [0.5, 0.6) is 0 Å². The van der Waals surface area contributed by atoms with Crippen LogP contribution in [0, 0.1) is 0 Å². The molecule has 57 heavy (non-hydrogen) atoms. The van der Waals surface area contributed by atoms with Crippen molar-refractivity contribution in [2.24, 2.45) is 0 Å². The van der Waals surface area contributed by atoms with Crippen LogP contribution in [0.2, 0.25) is 0 Å². The average Bonchev–Trinajstić information content (AvgIpc) is 3.83. The minimum absolute atomic E-state index is 0.789. The number of nitrogens with one attached hydrogen (secondary N) is 1. The quantitative estimate of drug-likeness (QED) is 0.178. The van der Waals surface area contributed by atoms with Crippen LogP contribution in [0.25, 0.3) is 94.2 Å². The molecule has 0 unspecified atom stereocenters. The summed E-state index contributed by atoms with van der Waals surface area (Å²) < 4.78 is 9.40. The van der Waals surface area contributed by atoms with Crippen molar-refractivity contribution in [3.05, 3.63) is 206 Å². The Morgan fingerprint density at radius 2 is 0.912 bits per heavy atom. The highest BCUT2D eigenvalue weighted by Gasteiger charge is 2.21. The molecule has 0 amide bonds. The van der Waals surface area contributed by atoms with E-state index in [9.17, 15) is 0 Å². The largest absolute Gasteiger partial charge is 0.453 e. The highest BCUT2D eigenvalue weighted by Crippen LogP contribution is 2.45. The van der Waals surface area contributed by atoms with Gasteiger partial charge in [-0.15, -0.1) is 0 Å². The van der Waals surface area contributed by atoms with E-state index in [0.29, 0.717) is 0 Å². The minimum atomic E-state index is 0.789. The Morgan fingerprint density at radius 3 is 1.58 bits per heavy atom. The second-order valence-electron chi connectivity index (χ2n) is 14.4. The Hall–Kier alpha value is -7.69. The van der Waals surface area contributed by atoms with E-state index in [1.165, 1.54) is 10.8 Å². The van der Waals surface area contributed by atoms with E-state index >= 15 is 0 Å². The number of aromatic nitrogens is 2. The summed E-state index contributed by atoms with van der Waals surface area (Å²) in [6.45, 7) is 0. The van der Waals surface area contributed by atoms with Crippen LogP contribution >= 0.6 is 0 Å². The van der Waals surface area contributed by atoms with Gasteiger partial charge < -0.3 is 9.73 Å². The van der Waals surface area contributed by atoms with E-state index in [0.717, 1.165) is 94.8 Å². The second kappa shape index (κ2) is 13.6. The van der Waals surface area contributed by atoms with E-state index < -0.39 is 0 Å². The fourth-order valence-electron chi connectivity index (χ4n) is 8.33. The average molecular weight is 730 g/mol. The number of anilines is 2. The Labute approximate surface area is 329 Å². The SMILES string of the molecule is c1ccc(-c2cc(Nc3ccccc3-c3ccccc3)c3oc4c(-c5cccc(-n6c7ccccc7c7ccccc76)n5)cc(-c5ccccc5)cc4c3c2)cc1. The number of hydrogen-bond donors (Lipinski definition) is 1. The van der Waals surface area contributed by atoms with Crippen molar-refractivity contribution in [3.8, 4) is 50.5 Å². The predicted octanol–water partition coefficient (Wildman–Crippen LogP) is 14.5. The molecule has 0 radical (unpaired) electrons. The van der Waals surface area contributed by atoms with Crippen LogP contribution in [0.15, 0.2) is 211 Å². The number of pyridine rings is 1. The molecule has 8 aromatic carbocycles. The standard InChI is InChI=1S/C53H35N3O/c1-4-17-35(18-5-1)38-31-43-44-32-39(36-19-6-2-7-20-36)34-48(54-46-26-13-10-23-40(46)37-21-8-3-9-22-37)53(44)57-52(43)45(33-38)47-27-16-30-51(55-47)56-49-28-14-11-24-41(49)42-25-12-15-29-50(42)56/h1-34,54H. The molecule has 11 rings (SSSR count). The van der Waals surface area contributed by atoms with Crippen molar-refractivity contribution in [3.63, 3.8) is 0 Å². The number of furan rings is 1. The molecule has 0 aliphatic heterocycles. The molecule has 0 saturated heterocycles. The van der Waals surface area contributed by atoms with Crippen LogP contribution in [0.1, 0.15) is 0 Å². The zero-order chi connectivity index (χ0) is 37.7. The van der Waals surface area contributed by atoms with Gasteiger partial charge >= 0.3 is 0 Å². The maximum atomic E-state index is 7.13. The van der Waals surface area contributed by atoms with E-state index in [-0.39, 0.29) is 0 Å². The lowest BCUT2D eigenvalue weighted by Crippen LogP contribution is -1.98. The van der Waals surface area contributed by atoms with E-state index in [2.05, 4.69) is 216 Å². The molecule has 1 N–H and O–H groups in total. The molecule has 4 nitrogen and oxygen atoms in total. The molecule has 0 aliphatic carbocycles. The van der Waals surface area contributed by atoms with Crippen molar-refractivity contribution in [2.45, 2.75) is 0 Å². The molecule has 0 bridgehead atoms. The van der Waals surface area contributed by atoms with Gasteiger partial charge in [0.25, 0.3) is 0 Å². The summed E-state index contributed by atoms with van der Waals surface area (Å²) in [6, 6.07) is 72.5. The third kappa shape index (κ3) is 5.66. The summed E-state index contributed by atoms with van der Waals surface area (Å²) in [5.74, 6) is 0.852. The van der Waals surface area contributed by atoms with Crippen molar-refractivity contribution in [2.75, 3.05) is 5.32 Å². The molecule has 0 fully saturated rings. The van der Waals surface area contributed by atoms with Gasteiger partial charge in [-0.2, -0.15) is 0 Å². The molecular formula is C53H35N3O. The van der Waals surface area contributed by atoms with Gasteiger partial charge in [0.2, 0.25) is 0 Å².